The lowest BCUT2D eigenvalue weighted by Crippen LogP contribution is -2.38. The third-order valence-electron chi connectivity index (χ3n) is 4.92. The van der Waals surface area contributed by atoms with Gasteiger partial charge in [0.25, 0.3) is 0 Å². The largest absolute Gasteiger partial charge is 0.377 e. The third-order valence-corrected chi connectivity index (χ3v) is 4.92. The van der Waals surface area contributed by atoms with Crippen LogP contribution in [0.25, 0.3) is 0 Å². The Balaban J connectivity index is 1.49. The SMILES string of the molecule is CCON1c2nc(CCCCO[C@@H]3CCNC3)ccc2CCC1C. The van der Waals surface area contributed by atoms with Gasteiger partial charge in [0.2, 0.25) is 0 Å². The van der Waals surface area contributed by atoms with Gasteiger partial charge in [-0.15, -0.1) is 0 Å². The van der Waals surface area contributed by atoms with Gasteiger partial charge in [0.15, 0.2) is 5.82 Å². The molecule has 1 N–H and O–H groups in total. The second-order valence-corrected chi connectivity index (χ2v) is 6.86. The second kappa shape index (κ2) is 8.79. The van der Waals surface area contributed by atoms with Crippen LogP contribution >= 0.6 is 0 Å². The van der Waals surface area contributed by atoms with Crippen molar-refractivity contribution in [3.8, 4) is 0 Å². The maximum atomic E-state index is 5.88. The van der Waals surface area contributed by atoms with Gasteiger partial charge in [0, 0.05) is 18.8 Å². The predicted molar refractivity (Wildman–Crippen MR) is 96.3 cm³/mol. The number of nitrogens with zero attached hydrogens (tertiary/aromatic N) is 2. The minimum Gasteiger partial charge on any atom is -0.377 e. The Hall–Kier alpha value is -1.17. The number of pyridine rings is 1. The molecule has 1 unspecified atom stereocenters. The van der Waals surface area contributed by atoms with Crippen LogP contribution < -0.4 is 10.4 Å². The molecule has 2 atom stereocenters. The number of aromatic nitrogens is 1. The van der Waals surface area contributed by atoms with Crippen molar-refractivity contribution < 1.29 is 9.57 Å². The van der Waals surface area contributed by atoms with Crippen LogP contribution in [0.5, 0.6) is 0 Å². The molecule has 0 amide bonds. The van der Waals surface area contributed by atoms with Crippen LogP contribution in [-0.2, 0) is 22.4 Å². The number of fused-ring (bicyclic) bond motifs is 1. The van der Waals surface area contributed by atoms with Gasteiger partial charge in [-0.1, -0.05) is 6.07 Å². The van der Waals surface area contributed by atoms with Crippen molar-refractivity contribution in [1.82, 2.24) is 10.3 Å². The molecule has 1 aromatic rings. The number of aryl methyl sites for hydroxylation is 2. The molecule has 0 aliphatic carbocycles. The number of unbranched alkanes of at least 4 members (excludes halogenated alkanes) is 1. The zero-order chi connectivity index (χ0) is 16.8. The van der Waals surface area contributed by atoms with E-state index in [9.17, 15) is 0 Å². The number of nitrogens with one attached hydrogen (secondary N) is 1. The third kappa shape index (κ3) is 4.47. The molecule has 2 aliphatic rings. The van der Waals surface area contributed by atoms with Gasteiger partial charge in [0.05, 0.1) is 18.8 Å². The molecule has 0 saturated carbocycles. The monoisotopic (exact) mass is 333 g/mol. The van der Waals surface area contributed by atoms with Gasteiger partial charge in [0.1, 0.15) is 0 Å². The molecule has 24 heavy (non-hydrogen) atoms. The summed E-state index contributed by atoms with van der Waals surface area (Å²) in [6, 6.07) is 4.81. The fourth-order valence-corrected chi connectivity index (χ4v) is 3.49. The van der Waals surface area contributed by atoms with Crippen LogP contribution in [0.15, 0.2) is 12.1 Å². The highest BCUT2D eigenvalue weighted by atomic mass is 16.7. The van der Waals surface area contributed by atoms with Gasteiger partial charge < -0.3 is 10.1 Å². The van der Waals surface area contributed by atoms with Crippen molar-refractivity contribution in [3.05, 3.63) is 23.4 Å². The van der Waals surface area contributed by atoms with Crippen molar-refractivity contribution >= 4 is 5.82 Å². The average molecular weight is 333 g/mol. The van der Waals surface area contributed by atoms with Crippen LogP contribution in [0.1, 0.15) is 50.8 Å². The molecular weight excluding hydrogens is 302 g/mol. The lowest BCUT2D eigenvalue weighted by Gasteiger charge is -2.34. The Morgan fingerprint density at radius 2 is 2.21 bits per heavy atom. The normalized spacial score (nSPS) is 23.5. The van der Waals surface area contributed by atoms with Gasteiger partial charge in [-0.05, 0) is 70.5 Å². The van der Waals surface area contributed by atoms with Crippen LogP contribution in [0.2, 0.25) is 0 Å². The average Bonchev–Trinajstić information content (AvgIpc) is 3.11. The molecule has 3 heterocycles. The quantitative estimate of drug-likeness (QED) is 0.741. The van der Waals surface area contributed by atoms with Gasteiger partial charge in [-0.25, -0.2) is 10.0 Å². The van der Waals surface area contributed by atoms with Crippen molar-refractivity contribution in [2.24, 2.45) is 0 Å². The summed E-state index contributed by atoms with van der Waals surface area (Å²) in [6.07, 6.45) is 7.02. The van der Waals surface area contributed by atoms with E-state index >= 15 is 0 Å². The smallest absolute Gasteiger partial charge is 0.156 e. The Labute approximate surface area is 145 Å². The van der Waals surface area contributed by atoms with E-state index in [2.05, 4.69) is 24.4 Å². The van der Waals surface area contributed by atoms with Gasteiger partial charge in [-0.3, -0.25) is 4.84 Å². The lowest BCUT2D eigenvalue weighted by molar-refractivity contribution is 0.0645. The first-order chi connectivity index (χ1) is 11.8. The van der Waals surface area contributed by atoms with Crippen LogP contribution in [0.3, 0.4) is 0 Å². The highest BCUT2D eigenvalue weighted by Gasteiger charge is 2.25. The highest BCUT2D eigenvalue weighted by molar-refractivity contribution is 5.48. The highest BCUT2D eigenvalue weighted by Crippen LogP contribution is 2.29. The van der Waals surface area contributed by atoms with Crippen molar-refractivity contribution in [3.63, 3.8) is 0 Å². The Morgan fingerprint density at radius 3 is 3.00 bits per heavy atom. The standard InChI is InChI=1S/C19H31N3O2/c1-3-24-22-15(2)7-8-16-9-10-17(21-19(16)22)6-4-5-13-23-18-11-12-20-14-18/h9-10,15,18,20H,3-8,11-14H2,1-2H3/t15?,18-/m1/s1. The second-order valence-electron chi connectivity index (χ2n) is 6.86. The Kier molecular flexibility index (Phi) is 6.46. The number of anilines is 1. The number of hydrogen-bond acceptors (Lipinski definition) is 5. The minimum absolute atomic E-state index is 0.397. The van der Waals surface area contributed by atoms with E-state index in [1.54, 1.807) is 0 Å². The first-order valence-electron chi connectivity index (χ1n) is 9.51. The fraction of sp³-hybridized carbons (Fsp3) is 0.737. The molecule has 1 fully saturated rings. The van der Waals surface area contributed by atoms with E-state index in [1.807, 2.05) is 12.0 Å². The molecule has 2 aliphatic heterocycles. The molecule has 0 aromatic carbocycles. The molecule has 134 valence electrons. The van der Waals surface area contributed by atoms with E-state index in [4.69, 9.17) is 14.6 Å². The fourth-order valence-electron chi connectivity index (χ4n) is 3.49. The molecule has 0 bridgehead atoms. The molecule has 1 saturated heterocycles. The molecule has 0 radical (unpaired) electrons. The van der Waals surface area contributed by atoms with Crippen LogP contribution in [0.4, 0.5) is 5.82 Å². The number of hydrogen-bond donors (Lipinski definition) is 1. The van der Waals surface area contributed by atoms with Gasteiger partial charge >= 0.3 is 0 Å². The van der Waals surface area contributed by atoms with Crippen LogP contribution in [0, 0.1) is 0 Å². The summed E-state index contributed by atoms with van der Waals surface area (Å²) < 4.78 is 5.88. The predicted octanol–water partition coefficient (Wildman–Crippen LogP) is 2.88. The molecule has 1 aromatic heterocycles. The summed E-state index contributed by atoms with van der Waals surface area (Å²) in [5.74, 6) is 1.03. The van der Waals surface area contributed by atoms with E-state index in [-0.39, 0.29) is 0 Å². The number of ether oxygens (including phenoxy) is 1. The lowest BCUT2D eigenvalue weighted by atomic mass is 10.0. The number of hydroxylamine groups is 1. The summed E-state index contributed by atoms with van der Waals surface area (Å²) in [6.45, 7) is 7.89. The zero-order valence-electron chi connectivity index (χ0n) is 15.1. The summed E-state index contributed by atoms with van der Waals surface area (Å²) in [5, 5.41) is 5.35. The first-order valence-corrected chi connectivity index (χ1v) is 9.51. The summed E-state index contributed by atoms with van der Waals surface area (Å²) >= 11 is 0. The van der Waals surface area contributed by atoms with E-state index < -0.39 is 0 Å². The van der Waals surface area contributed by atoms with E-state index in [0.29, 0.717) is 18.8 Å². The number of rotatable bonds is 8. The van der Waals surface area contributed by atoms with Crippen LogP contribution in [-0.4, -0.2) is 43.4 Å². The molecular formula is C19H31N3O2. The van der Waals surface area contributed by atoms with Crippen molar-refractivity contribution in [2.45, 2.75) is 64.5 Å². The zero-order valence-corrected chi connectivity index (χ0v) is 15.1. The Bertz CT molecular complexity index is 517. The maximum Gasteiger partial charge on any atom is 0.156 e. The molecule has 5 heteroatoms. The maximum absolute atomic E-state index is 5.88. The summed E-state index contributed by atoms with van der Waals surface area (Å²) in [5.41, 5.74) is 2.47. The summed E-state index contributed by atoms with van der Waals surface area (Å²) in [7, 11) is 0. The van der Waals surface area contributed by atoms with Gasteiger partial charge in [-0.2, -0.15) is 0 Å². The van der Waals surface area contributed by atoms with E-state index in [1.165, 1.54) is 5.56 Å². The molecule has 0 spiro atoms. The first kappa shape index (κ1) is 17.6. The van der Waals surface area contributed by atoms with Crippen molar-refractivity contribution in [2.75, 3.05) is 31.4 Å². The Morgan fingerprint density at radius 1 is 1.29 bits per heavy atom. The minimum atomic E-state index is 0.397. The van der Waals surface area contributed by atoms with Crippen molar-refractivity contribution in [1.29, 1.82) is 0 Å². The van der Waals surface area contributed by atoms with E-state index in [0.717, 1.165) is 69.7 Å². The topological polar surface area (TPSA) is 46.6 Å². The molecule has 3 rings (SSSR count). The summed E-state index contributed by atoms with van der Waals surface area (Å²) in [4.78, 5) is 10.7. The molecule has 5 nitrogen and oxygen atoms in total.